The van der Waals surface area contributed by atoms with E-state index in [1.807, 2.05) is 30.7 Å². The number of fused-ring (bicyclic) bond motifs is 1. The van der Waals surface area contributed by atoms with Crippen molar-refractivity contribution in [1.82, 2.24) is 24.0 Å². The quantitative estimate of drug-likeness (QED) is 0.292. The zero-order valence-electron chi connectivity index (χ0n) is 29.7. The van der Waals surface area contributed by atoms with Gasteiger partial charge in [-0.05, 0) is 101 Å². The third-order valence-electron chi connectivity index (χ3n) is 11.1. The molecule has 0 unspecified atom stereocenters. The van der Waals surface area contributed by atoms with Crippen molar-refractivity contribution in [2.24, 2.45) is 12.5 Å². The lowest BCUT2D eigenvalue weighted by Gasteiger charge is -2.63. The molecule has 1 spiro atoms. The third-order valence-corrected chi connectivity index (χ3v) is 12.3. The number of halogens is 3. The van der Waals surface area contributed by atoms with Crippen LogP contribution in [0.25, 0.3) is 0 Å². The van der Waals surface area contributed by atoms with Crippen molar-refractivity contribution in [3.8, 4) is 0 Å². The van der Waals surface area contributed by atoms with Gasteiger partial charge in [0.2, 0.25) is 10.0 Å². The molecular weight excluding hydrogens is 685 g/mol. The van der Waals surface area contributed by atoms with E-state index in [0.717, 1.165) is 18.1 Å². The molecule has 3 fully saturated rings. The number of rotatable bonds is 7. The number of carbonyl (C=O) groups excluding carboxylic acids is 2. The van der Waals surface area contributed by atoms with Gasteiger partial charge in [0, 0.05) is 48.9 Å². The zero-order chi connectivity index (χ0) is 36.9. The molecule has 4 aliphatic rings. The fourth-order valence-corrected chi connectivity index (χ4v) is 9.54. The molecule has 51 heavy (non-hydrogen) atoms. The Kier molecular flexibility index (Phi) is 7.99. The fourth-order valence-electron chi connectivity index (χ4n) is 8.52. The Bertz CT molecular complexity index is 2020. The van der Waals surface area contributed by atoms with Crippen LogP contribution in [0.4, 0.5) is 23.7 Å². The third kappa shape index (κ3) is 6.09. The molecule has 1 saturated heterocycles. The molecule has 2 aromatic carbocycles. The number of sulfonamides is 1. The molecule has 1 aromatic heterocycles. The molecule has 0 N–H and O–H groups in total. The first kappa shape index (κ1) is 35.4. The lowest BCUT2D eigenvalue weighted by molar-refractivity contribution is -0.138. The molecule has 7 rings (SSSR count). The second-order valence-corrected chi connectivity index (χ2v) is 18.2. The minimum Gasteiger partial charge on any atom is -0.444 e. The highest BCUT2D eigenvalue weighted by Crippen LogP contribution is 2.63. The maximum Gasteiger partial charge on any atom is 0.416 e. The molecule has 2 amide bonds. The van der Waals surface area contributed by atoms with Gasteiger partial charge in [-0.15, -0.1) is 10.2 Å². The molecule has 2 aliphatic heterocycles. The van der Waals surface area contributed by atoms with Gasteiger partial charge < -0.3 is 14.2 Å². The highest BCUT2D eigenvalue weighted by molar-refractivity contribution is 7.88. The van der Waals surface area contributed by atoms with Crippen molar-refractivity contribution < 1.29 is 35.9 Å². The van der Waals surface area contributed by atoms with Gasteiger partial charge in [0.05, 0.1) is 23.8 Å². The largest absolute Gasteiger partial charge is 0.444 e. The molecule has 2 saturated carbocycles. The van der Waals surface area contributed by atoms with Crippen LogP contribution in [0.15, 0.2) is 42.7 Å². The summed E-state index contributed by atoms with van der Waals surface area (Å²) in [4.78, 5) is 30.3. The van der Waals surface area contributed by atoms with E-state index in [4.69, 9.17) is 4.74 Å². The summed E-state index contributed by atoms with van der Waals surface area (Å²) in [6.07, 6.45) is 0.924. The molecule has 0 bridgehead atoms. The topological polar surface area (TPSA) is 118 Å². The highest BCUT2D eigenvalue weighted by Gasteiger charge is 2.64. The number of hydrogen-bond donors (Lipinski definition) is 0. The Balaban J connectivity index is 1.21. The first-order valence-electron chi connectivity index (χ1n) is 17.1. The Morgan fingerprint density at radius 2 is 1.76 bits per heavy atom. The van der Waals surface area contributed by atoms with Crippen molar-refractivity contribution in [2.45, 2.75) is 95.6 Å². The second-order valence-electron chi connectivity index (χ2n) is 16.3. The highest BCUT2D eigenvalue weighted by atomic mass is 32.2. The predicted molar refractivity (Wildman–Crippen MR) is 182 cm³/mol. The van der Waals surface area contributed by atoms with Gasteiger partial charge in [0.1, 0.15) is 17.8 Å². The van der Waals surface area contributed by atoms with Crippen LogP contribution in [0.5, 0.6) is 0 Å². The predicted octanol–water partition coefficient (Wildman–Crippen LogP) is 6.02. The average molecular weight is 729 g/mol. The summed E-state index contributed by atoms with van der Waals surface area (Å²) in [6.45, 7) is 7.52. The number of nitrogens with zero attached hydrogens (tertiary/aromatic N) is 6. The number of carbonyl (C=O) groups is 2. The molecule has 3 aromatic rings. The Morgan fingerprint density at radius 1 is 1.08 bits per heavy atom. The van der Waals surface area contributed by atoms with Crippen LogP contribution in [0.2, 0.25) is 0 Å². The van der Waals surface area contributed by atoms with Crippen molar-refractivity contribution >= 4 is 27.7 Å². The van der Waals surface area contributed by atoms with E-state index >= 15 is 0 Å². The number of benzene rings is 2. The molecule has 0 atom stereocenters. The van der Waals surface area contributed by atoms with Gasteiger partial charge in [0.25, 0.3) is 5.91 Å². The summed E-state index contributed by atoms with van der Waals surface area (Å²) >= 11 is 0. The molecule has 3 heterocycles. The van der Waals surface area contributed by atoms with Crippen LogP contribution >= 0.6 is 0 Å². The summed E-state index contributed by atoms with van der Waals surface area (Å²) < 4.78 is 77.3. The van der Waals surface area contributed by atoms with Crippen molar-refractivity contribution in [3.05, 3.63) is 76.4 Å². The van der Waals surface area contributed by atoms with E-state index in [1.165, 1.54) is 26.4 Å². The molecule has 274 valence electrons. The maximum absolute atomic E-state index is 14.7. The van der Waals surface area contributed by atoms with Gasteiger partial charge in [-0.1, -0.05) is 12.1 Å². The van der Waals surface area contributed by atoms with E-state index in [-0.39, 0.29) is 35.2 Å². The van der Waals surface area contributed by atoms with E-state index in [2.05, 4.69) is 10.2 Å². The minimum absolute atomic E-state index is 0.0472. The summed E-state index contributed by atoms with van der Waals surface area (Å²) in [6, 6.07) is 9.77. The van der Waals surface area contributed by atoms with Gasteiger partial charge in [-0.2, -0.15) is 13.2 Å². The Morgan fingerprint density at radius 3 is 2.31 bits per heavy atom. The normalized spacial score (nSPS) is 20.7. The van der Waals surface area contributed by atoms with Crippen LogP contribution < -0.4 is 4.90 Å². The van der Waals surface area contributed by atoms with E-state index in [0.29, 0.717) is 50.3 Å². The van der Waals surface area contributed by atoms with Crippen molar-refractivity contribution in [1.29, 1.82) is 0 Å². The molecule has 11 nitrogen and oxygen atoms in total. The zero-order valence-corrected chi connectivity index (χ0v) is 30.5. The van der Waals surface area contributed by atoms with Crippen molar-refractivity contribution in [2.75, 3.05) is 24.2 Å². The number of amides is 2. The number of aromatic nitrogens is 3. The van der Waals surface area contributed by atoms with E-state index in [1.54, 1.807) is 39.2 Å². The number of hydrogen-bond acceptors (Lipinski definition) is 7. The number of alkyl halides is 3. The van der Waals surface area contributed by atoms with Gasteiger partial charge in [-0.25, -0.2) is 17.5 Å². The fraction of sp³-hybridized carbons (Fsp3) is 0.556. The first-order valence-corrected chi connectivity index (χ1v) is 18.9. The van der Waals surface area contributed by atoms with E-state index < -0.39 is 50.3 Å². The maximum atomic E-state index is 14.7. The summed E-state index contributed by atoms with van der Waals surface area (Å²) in [7, 11) is -1.48. The van der Waals surface area contributed by atoms with Gasteiger partial charge in [0.15, 0.2) is 0 Å². The lowest BCUT2D eigenvalue weighted by atomic mass is 9.47. The summed E-state index contributed by atoms with van der Waals surface area (Å²) in [5.74, 6) is 0.131. The standard InChI is InChI=1S/C36H43F3N6O5S/c1-32(2,3)50-31(47)45(33(4)11-8-12-33)16-23-13-26-27(28(14-23)36(37,38)39)17-44(29(26)46)25-10-7-9-24(15-25)35(30-41-40-22-42(30)5)18-34(19-35)20-43(21-34)51(6,48)49/h7,9-10,13-15,22H,8,11-12,16-21H2,1-6H3. The summed E-state index contributed by atoms with van der Waals surface area (Å²) in [5, 5.41) is 8.52. The Hall–Kier alpha value is -3.98. The van der Waals surface area contributed by atoms with Crippen LogP contribution in [-0.4, -0.2) is 74.9 Å². The molecule has 2 aliphatic carbocycles. The lowest BCUT2D eigenvalue weighted by Crippen LogP contribution is -2.68. The summed E-state index contributed by atoms with van der Waals surface area (Å²) in [5.41, 5.74) is -1.82. The van der Waals surface area contributed by atoms with Crippen LogP contribution in [0.3, 0.4) is 0 Å². The average Bonchev–Trinajstić information content (AvgIpc) is 3.54. The monoisotopic (exact) mass is 728 g/mol. The number of aryl methyl sites for hydroxylation is 1. The van der Waals surface area contributed by atoms with E-state index in [9.17, 15) is 31.2 Å². The molecule has 0 radical (unpaired) electrons. The van der Waals surface area contributed by atoms with Gasteiger partial charge >= 0.3 is 12.3 Å². The SMILES string of the molecule is Cn1cnnc1C1(c2cccc(N3Cc4c(cc(CN(C(=O)OC(C)(C)C)C5(C)CCC5)cc4C(F)(F)F)C3=O)c2)CC2(CN(S(C)(=O)=O)C2)C1. The minimum atomic E-state index is -4.74. The van der Waals surface area contributed by atoms with Gasteiger partial charge in [-0.3, -0.25) is 9.69 Å². The van der Waals surface area contributed by atoms with Crippen molar-refractivity contribution in [3.63, 3.8) is 0 Å². The Labute approximate surface area is 295 Å². The molecular formula is C36H43F3N6O5S. The smallest absolute Gasteiger partial charge is 0.416 e. The second kappa shape index (κ2) is 11.5. The number of anilines is 1. The van der Waals surface area contributed by atoms with Crippen LogP contribution in [0.1, 0.15) is 98.2 Å². The first-order chi connectivity index (χ1) is 23.6. The van der Waals surface area contributed by atoms with Crippen LogP contribution in [-0.2, 0) is 46.5 Å². The molecule has 15 heteroatoms. The van der Waals surface area contributed by atoms with Crippen LogP contribution in [0, 0.1) is 5.41 Å². The number of ether oxygens (including phenoxy) is 1.